The Hall–Kier alpha value is -2.27. The summed E-state index contributed by atoms with van der Waals surface area (Å²) in [4.78, 5) is 0. The van der Waals surface area contributed by atoms with E-state index in [1.54, 1.807) is 0 Å². The molecule has 0 amide bonds. The van der Waals surface area contributed by atoms with Crippen LogP contribution in [0.3, 0.4) is 0 Å². The molecule has 1 heterocycles. The second-order valence-electron chi connectivity index (χ2n) is 7.31. The van der Waals surface area contributed by atoms with Gasteiger partial charge in [0.15, 0.2) is 16.6 Å². The van der Waals surface area contributed by atoms with Crippen LogP contribution in [-0.2, 0) is 5.41 Å². The first-order valence-electron chi connectivity index (χ1n) is 8.97. The molecule has 2 aromatic carbocycles. The summed E-state index contributed by atoms with van der Waals surface area (Å²) in [6.07, 6.45) is 0.972. The Morgan fingerprint density at radius 2 is 1.77 bits per heavy atom. The summed E-state index contributed by atoms with van der Waals surface area (Å²) in [6.45, 7) is 7.84. The largest absolute Gasteiger partial charge is 0.486 e. The molecule has 0 spiro atoms. The van der Waals surface area contributed by atoms with Crippen LogP contribution in [0.5, 0.6) is 11.5 Å². The highest BCUT2D eigenvalue weighted by Crippen LogP contribution is 2.32. The lowest BCUT2D eigenvalue weighted by Crippen LogP contribution is -2.39. The van der Waals surface area contributed by atoms with Crippen LogP contribution in [0.4, 0.5) is 5.69 Å². The molecule has 0 bridgehead atoms. The lowest BCUT2D eigenvalue weighted by atomic mass is 9.79. The van der Waals surface area contributed by atoms with Gasteiger partial charge in [-0.2, -0.15) is 0 Å². The molecule has 3 rings (SSSR count). The number of nitrogens with one attached hydrogen (secondary N) is 2. The quantitative estimate of drug-likeness (QED) is 0.759. The number of ether oxygens (including phenoxy) is 2. The predicted octanol–water partition coefficient (Wildman–Crippen LogP) is 4.50. The van der Waals surface area contributed by atoms with Crippen molar-refractivity contribution in [2.45, 2.75) is 38.6 Å². The van der Waals surface area contributed by atoms with Gasteiger partial charge in [0, 0.05) is 17.8 Å². The highest BCUT2D eigenvalue weighted by Gasteiger charge is 2.23. The lowest BCUT2D eigenvalue weighted by Gasteiger charge is -2.29. The number of benzene rings is 2. The molecule has 26 heavy (non-hydrogen) atoms. The molecule has 0 fully saturated rings. The molecule has 0 unspecified atom stereocenters. The fraction of sp³-hybridized carbons (Fsp3) is 0.381. The zero-order chi connectivity index (χ0) is 18.6. The van der Waals surface area contributed by atoms with E-state index >= 15 is 0 Å². The first-order valence-corrected chi connectivity index (χ1v) is 9.37. The number of anilines is 1. The van der Waals surface area contributed by atoms with Gasteiger partial charge >= 0.3 is 0 Å². The van der Waals surface area contributed by atoms with E-state index in [1.807, 2.05) is 24.3 Å². The van der Waals surface area contributed by atoms with Crippen LogP contribution in [0.2, 0.25) is 0 Å². The molecule has 1 aliphatic heterocycles. The Balaban J connectivity index is 1.56. The zero-order valence-electron chi connectivity index (χ0n) is 15.5. The monoisotopic (exact) mass is 370 g/mol. The highest BCUT2D eigenvalue weighted by atomic mass is 32.1. The smallest absolute Gasteiger partial charge is 0.170 e. The van der Waals surface area contributed by atoms with Crippen LogP contribution in [0.1, 0.15) is 32.8 Å². The Kier molecular flexibility index (Phi) is 5.67. The van der Waals surface area contributed by atoms with Crippen LogP contribution >= 0.6 is 12.2 Å². The van der Waals surface area contributed by atoms with Gasteiger partial charge in [0.2, 0.25) is 0 Å². The molecule has 0 radical (unpaired) electrons. The van der Waals surface area contributed by atoms with Crippen LogP contribution in [0.25, 0.3) is 0 Å². The van der Waals surface area contributed by atoms with E-state index in [4.69, 9.17) is 21.7 Å². The van der Waals surface area contributed by atoms with E-state index < -0.39 is 0 Å². The molecule has 2 N–H and O–H groups in total. The Labute approximate surface area is 160 Å². The minimum Gasteiger partial charge on any atom is -0.486 e. The lowest BCUT2D eigenvalue weighted by molar-refractivity contribution is 0.171. The average molecular weight is 371 g/mol. The van der Waals surface area contributed by atoms with Gasteiger partial charge in [0.05, 0.1) is 0 Å². The van der Waals surface area contributed by atoms with E-state index in [1.165, 1.54) is 5.56 Å². The van der Waals surface area contributed by atoms with Crippen molar-refractivity contribution >= 4 is 23.0 Å². The molecule has 0 aromatic heterocycles. The molecule has 1 atom stereocenters. The fourth-order valence-electron chi connectivity index (χ4n) is 3.34. The fourth-order valence-corrected chi connectivity index (χ4v) is 3.65. The third-order valence-electron chi connectivity index (χ3n) is 4.55. The Bertz CT molecular complexity index is 762. The minimum absolute atomic E-state index is 0.0697. The Morgan fingerprint density at radius 1 is 1.08 bits per heavy atom. The van der Waals surface area contributed by atoms with Gasteiger partial charge < -0.3 is 20.1 Å². The summed E-state index contributed by atoms with van der Waals surface area (Å²) in [5.74, 6) is 1.53. The van der Waals surface area contributed by atoms with Crippen molar-refractivity contribution in [1.82, 2.24) is 5.32 Å². The molecular formula is C21H26N2O2S. The van der Waals surface area contributed by atoms with E-state index in [2.05, 4.69) is 55.7 Å². The third kappa shape index (κ3) is 4.67. The van der Waals surface area contributed by atoms with Crippen molar-refractivity contribution in [1.29, 1.82) is 0 Å². The van der Waals surface area contributed by atoms with Gasteiger partial charge in [-0.05, 0) is 48.7 Å². The van der Waals surface area contributed by atoms with Crippen molar-refractivity contribution in [3.63, 3.8) is 0 Å². The highest BCUT2D eigenvalue weighted by molar-refractivity contribution is 7.80. The second kappa shape index (κ2) is 7.96. The zero-order valence-corrected chi connectivity index (χ0v) is 16.4. The Morgan fingerprint density at radius 3 is 2.50 bits per heavy atom. The molecule has 138 valence electrons. The maximum atomic E-state index is 5.61. The predicted molar refractivity (Wildman–Crippen MR) is 110 cm³/mol. The van der Waals surface area contributed by atoms with E-state index in [9.17, 15) is 0 Å². The van der Waals surface area contributed by atoms with Crippen LogP contribution in [0.15, 0.2) is 48.5 Å². The summed E-state index contributed by atoms with van der Waals surface area (Å²) < 4.78 is 11.2. The maximum absolute atomic E-state index is 5.61. The minimum atomic E-state index is 0.0697. The van der Waals surface area contributed by atoms with Crippen molar-refractivity contribution in [2.24, 2.45) is 0 Å². The van der Waals surface area contributed by atoms with E-state index in [0.717, 1.165) is 23.6 Å². The van der Waals surface area contributed by atoms with Crippen molar-refractivity contribution in [2.75, 3.05) is 18.5 Å². The van der Waals surface area contributed by atoms with Gasteiger partial charge in [-0.15, -0.1) is 0 Å². The molecule has 5 heteroatoms. The van der Waals surface area contributed by atoms with Crippen LogP contribution < -0.4 is 20.1 Å². The van der Waals surface area contributed by atoms with Gasteiger partial charge in [0.1, 0.15) is 13.2 Å². The van der Waals surface area contributed by atoms with Gasteiger partial charge in [-0.1, -0.05) is 44.2 Å². The van der Waals surface area contributed by atoms with Gasteiger partial charge in [0.25, 0.3) is 0 Å². The summed E-state index contributed by atoms with van der Waals surface area (Å²) in [6, 6.07) is 16.6. The molecular weight excluding hydrogens is 344 g/mol. The first-order chi connectivity index (χ1) is 12.4. The summed E-state index contributed by atoms with van der Waals surface area (Å²) in [5, 5.41) is 7.23. The van der Waals surface area contributed by atoms with Crippen molar-refractivity contribution in [3.05, 3.63) is 54.1 Å². The van der Waals surface area contributed by atoms with Gasteiger partial charge in [-0.3, -0.25) is 0 Å². The number of thiocarbonyl (C=S) groups is 1. The number of fused-ring (bicyclic) bond motifs is 1. The molecule has 4 nitrogen and oxygen atoms in total. The summed E-state index contributed by atoms with van der Waals surface area (Å²) >= 11 is 5.48. The first kappa shape index (κ1) is 18.5. The van der Waals surface area contributed by atoms with Gasteiger partial charge in [-0.25, -0.2) is 0 Å². The number of rotatable bonds is 5. The topological polar surface area (TPSA) is 42.5 Å². The standard InChI is InChI=1S/C21H26N2O2S/c1-15(14-21(2,3)16-7-5-4-6-8-16)22-20(26)23-17-9-10-18-19(13-17)25-12-11-24-18/h4-10,13,15H,11-12,14H2,1-3H3,(H2,22,23,26)/t15-/m0/s1. The normalized spacial score (nSPS) is 14.4. The average Bonchev–Trinajstić information content (AvgIpc) is 2.61. The van der Waals surface area contributed by atoms with E-state index in [0.29, 0.717) is 18.3 Å². The molecule has 0 saturated heterocycles. The number of hydrogen-bond donors (Lipinski definition) is 2. The molecule has 0 saturated carbocycles. The summed E-state index contributed by atoms with van der Waals surface area (Å²) in [5.41, 5.74) is 2.29. The molecule has 1 aliphatic rings. The maximum Gasteiger partial charge on any atom is 0.170 e. The van der Waals surface area contributed by atoms with Crippen LogP contribution in [0, 0.1) is 0 Å². The van der Waals surface area contributed by atoms with Crippen LogP contribution in [-0.4, -0.2) is 24.4 Å². The third-order valence-corrected chi connectivity index (χ3v) is 4.77. The van der Waals surface area contributed by atoms with Crippen molar-refractivity contribution < 1.29 is 9.47 Å². The SMILES string of the molecule is C[C@@H](CC(C)(C)c1ccccc1)NC(=S)Nc1ccc2c(c1)OCCO2. The molecule has 2 aromatic rings. The summed E-state index contributed by atoms with van der Waals surface area (Å²) in [7, 11) is 0. The number of hydrogen-bond acceptors (Lipinski definition) is 3. The molecule has 0 aliphatic carbocycles. The van der Waals surface area contributed by atoms with E-state index in [-0.39, 0.29) is 11.5 Å². The van der Waals surface area contributed by atoms with Crippen molar-refractivity contribution in [3.8, 4) is 11.5 Å². The second-order valence-corrected chi connectivity index (χ2v) is 7.72.